The molecule has 0 aliphatic carbocycles. The molecule has 0 amide bonds. The van der Waals surface area contributed by atoms with Crippen LogP contribution in [0.25, 0.3) is 11.0 Å². The second-order valence-electron chi connectivity index (χ2n) is 4.25. The van der Waals surface area contributed by atoms with Crippen molar-refractivity contribution < 1.29 is 9.90 Å². The molecule has 0 aliphatic heterocycles. The van der Waals surface area contributed by atoms with Crippen LogP contribution in [0.15, 0.2) is 42.5 Å². The monoisotopic (exact) mass is 300 g/mol. The van der Waals surface area contributed by atoms with E-state index in [9.17, 15) is 4.79 Å². The van der Waals surface area contributed by atoms with E-state index < -0.39 is 5.97 Å². The molecule has 2 N–H and O–H groups in total. The van der Waals surface area contributed by atoms with Gasteiger partial charge in [0.15, 0.2) is 0 Å². The molecular weight excluding hydrogens is 292 g/mol. The Balaban J connectivity index is 1.94. The van der Waals surface area contributed by atoms with Gasteiger partial charge in [-0.15, -0.1) is 10.2 Å². The third-order valence-electron chi connectivity index (χ3n) is 2.81. The number of aromatic carboxylic acids is 1. The maximum absolute atomic E-state index is 11.0. The minimum absolute atomic E-state index is 0.00964. The summed E-state index contributed by atoms with van der Waals surface area (Å²) in [5.41, 5.74) is 1.91. The summed E-state index contributed by atoms with van der Waals surface area (Å²) < 4.78 is 0. The van der Waals surface area contributed by atoms with Gasteiger partial charge in [-0.05, 0) is 30.3 Å². The van der Waals surface area contributed by atoms with Gasteiger partial charge in [-0.1, -0.05) is 23.7 Å². The Labute approximate surface area is 124 Å². The lowest BCUT2D eigenvalue weighted by Gasteiger charge is -2.06. The molecule has 0 atom stereocenters. The maximum atomic E-state index is 11.0. The molecule has 3 rings (SSSR count). The first-order chi connectivity index (χ1) is 10.1. The van der Waals surface area contributed by atoms with Crippen molar-refractivity contribution in [2.45, 2.75) is 0 Å². The first-order valence-corrected chi connectivity index (χ1v) is 6.40. The fourth-order valence-electron chi connectivity index (χ4n) is 1.83. The zero-order valence-electron chi connectivity index (χ0n) is 10.6. The van der Waals surface area contributed by atoms with Crippen LogP contribution in [-0.2, 0) is 0 Å². The Bertz CT molecular complexity index is 838. The highest BCUT2D eigenvalue weighted by Gasteiger charge is 2.10. The molecule has 0 saturated carbocycles. The summed E-state index contributed by atoms with van der Waals surface area (Å²) in [6.07, 6.45) is 0. The molecule has 0 bridgehead atoms. The largest absolute Gasteiger partial charge is 0.478 e. The Morgan fingerprint density at radius 3 is 2.62 bits per heavy atom. The van der Waals surface area contributed by atoms with Crippen molar-refractivity contribution in [2.24, 2.45) is 0 Å². The number of carboxylic acid groups (broad SMARTS) is 1. The Morgan fingerprint density at radius 2 is 1.86 bits per heavy atom. The van der Waals surface area contributed by atoms with E-state index in [4.69, 9.17) is 16.7 Å². The Kier molecular flexibility index (Phi) is 3.37. The van der Waals surface area contributed by atoms with E-state index in [2.05, 4.69) is 20.5 Å². The number of benzene rings is 2. The van der Waals surface area contributed by atoms with Crippen LogP contribution in [0.3, 0.4) is 0 Å². The van der Waals surface area contributed by atoms with Crippen LogP contribution in [0.5, 0.6) is 0 Å². The van der Waals surface area contributed by atoms with E-state index in [0.29, 0.717) is 16.7 Å². The Morgan fingerprint density at radius 1 is 1.10 bits per heavy atom. The molecule has 1 aromatic heterocycles. The molecule has 0 radical (unpaired) electrons. The molecule has 0 saturated heterocycles. The van der Waals surface area contributed by atoms with Gasteiger partial charge in [-0.3, -0.25) is 0 Å². The van der Waals surface area contributed by atoms with Gasteiger partial charge in [0.1, 0.15) is 5.52 Å². The van der Waals surface area contributed by atoms with Gasteiger partial charge in [0.05, 0.1) is 16.1 Å². The van der Waals surface area contributed by atoms with Crippen molar-refractivity contribution in [3.05, 3.63) is 53.1 Å². The molecule has 6 nitrogen and oxygen atoms in total. The van der Waals surface area contributed by atoms with E-state index in [1.807, 2.05) is 24.3 Å². The van der Waals surface area contributed by atoms with E-state index in [-0.39, 0.29) is 16.5 Å². The fourth-order valence-corrected chi connectivity index (χ4v) is 2.03. The average molecular weight is 301 g/mol. The zero-order chi connectivity index (χ0) is 14.8. The number of rotatable bonds is 3. The molecule has 0 aliphatic rings. The molecule has 0 fully saturated rings. The molecule has 1 heterocycles. The first kappa shape index (κ1) is 13.3. The predicted molar refractivity (Wildman–Crippen MR) is 79.0 cm³/mol. The normalized spacial score (nSPS) is 10.5. The lowest BCUT2D eigenvalue weighted by atomic mass is 10.2. The van der Waals surface area contributed by atoms with Crippen LogP contribution >= 0.6 is 11.6 Å². The third kappa shape index (κ3) is 2.75. The summed E-state index contributed by atoms with van der Waals surface area (Å²) in [7, 11) is 0. The summed E-state index contributed by atoms with van der Waals surface area (Å²) in [6.45, 7) is 0. The second kappa shape index (κ2) is 5.34. The Hall–Kier alpha value is -2.73. The summed E-state index contributed by atoms with van der Waals surface area (Å²) in [5.74, 6) is -0.812. The van der Waals surface area contributed by atoms with Gasteiger partial charge < -0.3 is 10.4 Å². The lowest BCUT2D eigenvalue weighted by molar-refractivity contribution is 0.0697. The average Bonchev–Trinajstić information content (AvgIpc) is 2.49. The van der Waals surface area contributed by atoms with Gasteiger partial charge in [-0.25, -0.2) is 9.78 Å². The van der Waals surface area contributed by atoms with Crippen LogP contribution in [0, 0.1) is 0 Å². The van der Waals surface area contributed by atoms with Crippen molar-refractivity contribution in [1.29, 1.82) is 0 Å². The minimum Gasteiger partial charge on any atom is -0.478 e. The number of nitrogens with zero attached hydrogens (tertiary/aromatic N) is 3. The molecule has 0 unspecified atom stereocenters. The van der Waals surface area contributed by atoms with Crippen molar-refractivity contribution in [3.63, 3.8) is 0 Å². The van der Waals surface area contributed by atoms with Gasteiger partial charge in [0.25, 0.3) is 0 Å². The van der Waals surface area contributed by atoms with E-state index >= 15 is 0 Å². The number of carbonyl (C=O) groups is 1. The van der Waals surface area contributed by atoms with Crippen molar-refractivity contribution in [2.75, 3.05) is 5.32 Å². The molecule has 21 heavy (non-hydrogen) atoms. The maximum Gasteiger partial charge on any atom is 0.337 e. The molecule has 0 spiro atoms. The van der Waals surface area contributed by atoms with Crippen LogP contribution in [0.1, 0.15) is 10.4 Å². The van der Waals surface area contributed by atoms with Crippen LogP contribution < -0.4 is 5.32 Å². The predicted octanol–water partition coefficient (Wildman–Crippen LogP) is 3.12. The number of anilines is 2. The molecule has 104 valence electrons. The SMILES string of the molecule is O=C(O)c1cc(Nc2nnc3ccccc3n2)ccc1Cl. The number of fused-ring (bicyclic) bond motifs is 1. The van der Waals surface area contributed by atoms with Gasteiger partial charge in [0.2, 0.25) is 5.95 Å². The van der Waals surface area contributed by atoms with Crippen LogP contribution in [0.2, 0.25) is 5.02 Å². The summed E-state index contributed by atoms with van der Waals surface area (Å²) in [4.78, 5) is 15.3. The number of carboxylic acids is 1. The van der Waals surface area contributed by atoms with Crippen LogP contribution in [0.4, 0.5) is 11.6 Å². The highest BCUT2D eigenvalue weighted by molar-refractivity contribution is 6.33. The quantitative estimate of drug-likeness (QED) is 0.772. The topological polar surface area (TPSA) is 88.0 Å². The summed E-state index contributed by atoms with van der Waals surface area (Å²) in [6, 6.07) is 11.9. The molecule has 7 heteroatoms. The number of para-hydroxylation sites is 1. The standard InChI is InChI=1S/C14H9ClN4O2/c15-10-6-5-8(7-9(10)13(20)21)16-14-17-11-3-1-2-4-12(11)18-19-14/h1-7H,(H,20,21)(H,16,17,19). The lowest BCUT2D eigenvalue weighted by Crippen LogP contribution is -2.02. The molecule has 2 aromatic carbocycles. The van der Waals surface area contributed by atoms with E-state index in [1.165, 1.54) is 12.1 Å². The number of nitrogens with one attached hydrogen (secondary N) is 1. The fraction of sp³-hybridized carbons (Fsp3) is 0. The highest BCUT2D eigenvalue weighted by Crippen LogP contribution is 2.22. The first-order valence-electron chi connectivity index (χ1n) is 6.03. The number of halogens is 1. The molecule has 3 aromatic rings. The van der Waals surface area contributed by atoms with Crippen molar-refractivity contribution in [1.82, 2.24) is 15.2 Å². The van der Waals surface area contributed by atoms with Crippen LogP contribution in [-0.4, -0.2) is 26.3 Å². The van der Waals surface area contributed by atoms with Crippen molar-refractivity contribution >= 4 is 40.2 Å². The summed E-state index contributed by atoms with van der Waals surface area (Å²) >= 11 is 5.82. The van der Waals surface area contributed by atoms with E-state index in [1.54, 1.807) is 6.07 Å². The number of hydrogen-bond acceptors (Lipinski definition) is 5. The van der Waals surface area contributed by atoms with Gasteiger partial charge in [-0.2, -0.15) is 0 Å². The zero-order valence-corrected chi connectivity index (χ0v) is 11.4. The smallest absolute Gasteiger partial charge is 0.337 e. The number of aromatic nitrogens is 3. The van der Waals surface area contributed by atoms with Gasteiger partial charge >= 0.3 is 5.97 Å². The second-order valence-corrected chi connectivity index (χ2v) is 4.66. The van der Waals surface area contributed by atoms with E-state index in [0.717, 1.165) is 0 Å². The number of hydrogen-bond donors (Lipinski definition) is 2. The van der Waals surface area contributed by atoms with Gasteiger partial charge in [0, 0.05) is 5.69 Å². The molecular formula is C14H9ClN4O2. The third-order valence-corrected chi connectivity index (χ3v) is 3.14. The minimum atomic E-state index is -1.10. The summed E-state index contributed by atoms with van der Waals surface area (Å²) in [5, 5.41) is 20.1. The van der Waals surface area contributed by atoms with Crippen molar-refractivity contribution in [3.8, 4) is 0 Å². The highest BCUT2D eigenvalue weighted by atomic mass is 35.5.